The van der Waals surface area contributed by atoms with Gasteiger partial charge in [-0.1, -0.05) is 75.4 Å². The minimum atomic E-state index is -4.17. The van der Waals surface area contributed by atoms with E-state index in [-0.39, 0.29) is 17.9 Å². The Labute approximate surface area is 269 Å². The van der Waals surface area contributed by atoms with Crippen molar-refractivity contribution < 1.29 is 27.0 Å². The Morgan fingerprint density at radius 2 is 1.54 bits per heavy atom. The number of carbonyl (C=O) groups excluding carboxylic acids is 2. The van der Waals surface area contributed by atoms with Gasteiger partial charge in [0.15, 0.2) is 0 Å². The molecule has 0 saturated heterocycles. The lowest BCUT2D eigenvalue weighted by Gasteiger charge is -2.26. The second-order valence-electron chi connectivity index (χ2n) is 12.5. The van der Waals surface area contributed by atoms with Crippen LogP contribution in [0.3, 0.4) is 0 Å². The van der Waals surface area contributed by atoms with Gasteiger partial charge in [-0.05, 0) is 77.1 Å². The Balaban J connectivity index is 1.36. The van der Waals surface area contributed by atoms with Crippen LogP contribution in [0.1, 0.15) is 53.7 Å². The van der Waals surface area contributed by atoms with E-state index in [0.717, 1.165) is 39.1 Å². The van der Waals surface area contributed by atoms with Gasteiger partial charge >= 0.3 is 0 Å². The van der Waals surface area contributed by atoms with Crippen LogP contribution in [0.15, 0.2) is 108 Å². The monoisotopic (exact) mass is 638 g/mol. The molecule has 46 heavy (non-hydrogen) atoms. The van der Waals surface area contributed by atoms with Crippen LogP contribution in [-0.2, 0) is 26.7 Å². The number of carbonyl (C=O) groups is 2. The van der Waals surface area contributed by atoms with Crippen LogP contribution < -0.4 is 10.2 Å². The largest absolute Gasteiger partial charge is 0.456 e. The first-order valence-electron chi connectivity index (χ1n) is 15.1. The van der Waals surface area contributed by atoms with E-state index in [1.54, 1.807) is 36.2 Å². The Kier molecular flexibility index (Phi) is 9.46. The SMILES string of the molecule is CN(C(=O)C(Cc1ccc(C(=O)NCCS(=O)(=O)O)cc1)c1ccc(C(C)(C)C)cc1)c1ccc(-c2cc3ccccc3o2)cc1. The maximum Gasteiger partial charge on any atom is 0.266 e. The third-order valence-electron chi connectivity index (χ3n) is 8.07. The molecular weight excluding hydrogens is 600 g/mol. The molecule has 9 heteroatoms. The number of anilines is 1. The quantitative estimate of drug-likeness (QED) is 0.159. The van der Waals surface area contributed by atoms with Crippen molar-refractivity contribution in [3.8, 4) is 11.3 Å². The molecule has 1 unspecified atom stereocenters. The second kappa shape index (κ2) is 13.3. The van der Waals surface area contributed by atoms with Crippen LogP contribution in [0.25, 0.3) is 22.3 Å². The van der Waals surface area contributed by atoms with Crippen LogP contribution in [0.4, 0.5) is 5.69 Å². The Bertz CT molecular complexity index is 1910. The predicted octanol–water partition coefficient (Wildman–Crippen LogP) is 7.00. The number of rotatable bonds is 10. The predicted molar refractivity (Wildman–Crippen MR) is 182 cm³/mol. The summed E-state index contributed by atoms with van der Waals surface area (Å²) in [5.41, 5.74) is 5.71. The van der Waals surface area contributed by atoms with Gasteiger partial charge < -0.3 is 14.6 Å². The Morgan fingerprint density at radius 1 is 0.891 bits per heavy atom. The lowest BCUT2D eigenvalue weighted by Crippen LogP contribution is -2.33. The van der Waals surface area contributed by atoms with Gasteiger partial charge in [0.25, 0.3) is 16.0 Å². The molecule has 2 N–H and O–H groups in total. The van der Waals surface area contributed by atoms with Crippen molar-refractivity contribution in [1.82, 2.24) is 5.32 Å². The van der Waals surface area contributed by atoms with Crippen LogP contribution in [0.5, 0.6) is 0 Å². The molecule has 0 fully saturated rings. The summed E-state index contributed by atoms with van der Waals surface area (Å²) in [5.74, 6) is -0.832. The van der Waals surface area contributed by atoms with Crippen molar-refractivity contribution >= 4 is 38.6 Å². The van der Waals surface area contributed by atoms with Crippen molar-refractivity contribution in [3.63, 3.8) is 0 Å². The molecule has 0 aliphatic rings. The van der Waals surface area contributed by atoms with Crippen LogP contribution in [-0.4, -0.2) is 44.1 Å². The molecule has 5 aromatic rings. The lowest BCUT2D eigenvalue weighted by molar-refractivity contribution is -0.119. The van der Waals surface area contributed by atoms with Gasteiger partial charge in [-0.3, -0.25) is 14.1 Å². The molecule has 0 aliphatic carbocycles. The molecule has 1 aromatic heterocycles. The average molecular weight is 639 g/mol. The fourth-order valence-corrected chi connectivity index (χ4v) is 5.68. The highest BCUT2D eigenvalue weighted by Gasteiger charge is 2.26. The number of fused-ring (bicyclic) bond motifs is 1. The summed E-state index contributed by atoms with van der Waals surface area (Å²) in [7, 11) is -2.40. The molecule has 0 spiro atoms. The standard InChI is InChI=1S/C37H38N2O6S/c1-37(2,3)30-17-13-26(14-18-30)32(23-25-9-11-28(12-10-25)35(40)38-21-22-46(42,43)44)36(41)39(4)31-19-15-27(16-20-31)34-24-29-7-5-6-8-33(29)45-34/h5-20,24,32H,21-23H2,1-4H3,(H,38,40)(H,42,43,44). The number of benzene rings is 4. The molecule has 8 nitrogen and oxygen atoms in total. The highest BCUT2D eigenvalue weighted by molar-refractivity contribution is 7.85. The summed E-state index contributed by atoms with van der Waals surface area (Å²) >= 11 is 0. The third kappa shape index (κ3) is 7.91. The molecule has 238 valence electrons. The number of likely N-dealkylation sites (N-methyl/N-ethyl adjacent to an activating group) is 1. The number of nitrogens with one attached hydrogen (secondary N) is 1. The van der Waals surface area contributed by atoms with Crippen molar-refractivity contribution in [2.45, 2.75) is 38.5 Å². The summed E-state index contributed by atoms with van der Waals surface area (Å²) < 4.78 is 36.8. The molecule has 4 aromatic carbocycles. The fourth-order valence-electron chi connectivity index (χ4n) is 5.32. The number of hydrogen-bond donors (Lipinski definition) is 2. The van der Waals surface area contributed by atoms with Crippen molar-refractivity contribution in [2.24, 2.45) is 0 Å². The van der Waals surface area contributed by atoms with E-state index in [9.17, 15) is 18.0 Å². The number of furan rings is 1. The van der Waals surface area contributed by atoms with E-state index >= 15 is 0 Å². The van der Waals surface area contributed by atoms with Gasteiger partial charge in [-0.15, -0.1) is 0 Å². The summed E-state index contributed by atoms with van der Waals surface area (Å²) in [6.07, 6.45) is 0.403. The number of para-hydroxylation sites is 1. The molecule has 0 radical (unpaired) electrons. The Morgan fingerprint density at radius 3 is 2.15 bits per heavy atom. The van der Waals surface area contributed by atoms with E-state index in [0.29, 0.717) is 12.0 Å². The van der Waals surface area contributed by atoms with E-state index in [2.05, 4.69) is 38.2 Å². The highest BCUT2D eigenvalue weighted by atomic mass is 32.2. The molecule has 0 bridgehead atoms. The lowest BCUT2D eigenvalue weighted by atomic mass is 9.84. The van der Waals surface area contributed by atoms with Crippen molar-refractivity contribution in [2.75, 3.05) is 24.2 Å². The zero-order valence-corrected chi connectivity index (χ0v) is 27.2. The number of hydrogen-bond acceptors (Lipinski definition) is 5. The molecule has 0 aliphatic heterocycles. The zero-order valence-electron chi connectivity index (χ0n) is 26.4. The normalized spacial score (nSPS) is 12.5. The number of nitrogens with zero attached hydrogens (tertiary/aromatic N) is 1. The van der Waals surface area contributed by atoms with Crippen molar-refractivity contribution in [1.29, 1.82) is 0 Å². The maximum absolute atomic E-state index is 14.2. The van der Waals surface area contributed by atoms with Gasteiger partial charge in [-0.2, -0.15) is 8.42 Å². The topological polar surface area (TPSA) is 117 Å². The van der Waals surface area contributed by atoms with Gasteiger partial charge in [-0.25, -0.2) is 0 Å². The van der Waals surface area contributed by atoms with Crippen LogP contribution >= 0.6 is 0 Å². The van der Waals surface area contributed by atoms with Crippen molar-refractivity contribution in [3.05, 3.63) is 125 Å². The van der Waals surface area contributed by atoms with Gasteiger partial charge in [0.2, 0.25) is 5.91 Å². The minimum Gasteiger partial charge on any atom is -0.456 e. The summed E-state index contributed by atoms with van der Waals surface area (Å²) in [5, 5.41) is 3.51. The van der Waals surface area contributed by atoms with Crippen LogP contribution in [0.2, 0.25) is 0 Å². The summed E-state index contributed by atoms with van der Waals surface area (Å²) in [6, 6.07) is 32.6. The smallest absolute Gasteiger partial charge is 0.266 e. The molecule has 1 heterocycles. The molecule has 5 rings (SSSR count). The highest BCUT2D eigenvalue weighted by Crippen LogP contribution is 2.32. The second-order valence-corrected chi connectivity index (χ2v) is 14.0. The first-order chi connectivity index (χ1) is 21.8. The average Bonchev–Trinajstić information content (AvgIpc) is 3.47. The van der Waals surface area contributed by atoms with Crippen LogP contribution in [0, 0.1) is 0 Å². The fraction of sp³-hybridized carbons (Fsp3) is 0.243. The van der Waals surface area contributed by atoms with E-state index < -0.39 is 27.7 Å². The first kappa shape index (κ1) is 32.7. The van der Waals surface area contributed by atoms with Gasteiger partial charge in [0.05, 0.1) is 11.7 Å². The summed E-state index contributed by atoms with van der Waals surface area (Å²) in [4.78, 5) is 28.3. The summed E-state index contributed by atoms with van der Waals surface area (Å²) in [6.45, 7) is 6.24. The van der Waals surface area contributed by atoms with E-state index in [1.165, 1.54) is 5.56 Å². The minimum absolute atomic E-state index is 0.0336. The van der Waals surface area contributed by atoms with E-state index in [4.69, 9.17) is 8.97 Å². The molecule has 2 amide bonds. The van der Waals surface area contributed by atoms with Gasteiger partial charge in [0, 0.05) is 35.8 Å². The maximum atomic E-state index is 14.2. The molecule has 1 atom stereocenters. The zero-order chi connectivity index (χ0) is 33.1. The third-order valence-corrected chi connectivity index (χ3v) is 8.79. The van der Waals surface area contributed by atoms with E-state index in [1.807, 2.05) is 66.7 Å². The first-order valence-corrected chi connectivity index (χ1v) is 16.7. The number of amides is 2. The van der Waals surface area contributed by atoms with Gasteiger partial charge in [0.1, 0.15) is 11.3 Å². The molecule has 0 saturated carbocycles. The molecular formula is C37H38N2O6S. The Hall–Kier alpha value is -4.73.